The van der Waals surface area contributed by atoms with Crippen LogP contribution in [0.2, 0.25) is 0 Å². The number of esters is 1. The van der Waals surface area contributed by atoms with Crippen molar-refractivity contribution in [3.63, 3.8) is 0 Å². The quantitative estimate of drug-likeness (QED) is 0.306. The molecule has 0 unspecified atom stereocenters. The summed E-state index contributed by atoms with van der Waals surface area (Å²) in [5.41, 5.74) is 16.6. The molecule has 2 aromatic carbocycles. The fourth-order valence-corrected chi connectivity index (χ4v) is 6.51. The second-order valence-corrected chi connectivity index (χ2v) is 13.0. The number of carbonyl (C=O) groups excluding carboxylic acids is 3. The molecule has 8 heteroatoms. The van der Waals surface area contributed by atoms with Crippen molar-refractivity contribution in [1.29, 1.82) is 0 Å². The Kier molecular flexibility index (Phi) is 7.97. The van der Waals surface area contributed by atoms with Gasteiger partial charge in [-0.15, -0.1) is 0 Å². The Hall–Kier alpha value is -3.65. The Bertz CT molecular complexity index is 1480. The number of nitrogens with one attached hydrogen (secondary N) is 1. The highest BCUT2D eigenvalue weighted by Gasteiger charge is 2.35. The van der Waals surface area contributed by atoms with Gasteiger partial charge < -0.3 is 21.5 Å². The minimum Gasteiger partial charge on any atom is -0.461 e. The highest BCUT2D eigenvalue weighted by Crippen LogP contribution is 2.43. The molecular formula is C33H42N4O4. The van der Waals surface area contributed by atoms with E-state index >= 15 is 0 Å². The monoisotopic (exact) mass is 558 g/mol. The van der Waals surface area contributed by atoms with Gasteiger partial charge in [0.25, 0.3) is 5.91 Å². The number of benzene rings is 2. The van der Waals surface area contributed by atoms with Gasteiger partial charge in [-0.3, -0.25) is 19.0 Å². The van der Waals surface area contributed by atoms with Crippen molar-refractivity contribution in [1.82, 2.24) is 4.57 Å². The zero-order chi connectivity index (χ0) is 29.5. The minimum absolute atomic E-state index is 0.0999. The van der Waals surface area contributed by atoms with Crippen molar-refractivity contribution in [2.75, 3.05) is 5.32 Å². The lowest BCUT2D eigenvalue weighted by atomic mass is 9.80. The predicted octanol–water partition coefficient (Wildman–Crippen LogP) is 5.66. The van der Waals surface area contributed by atoms with Crippen LogP contribution in [0.25, 0.3) is 22.0 Å². The molecule has 218 valence electrons. The van der Waals surface area contributed by atoms with Crippen LogP contribution in [0.5, 0.6) is 0 Å². The topological polar surface area (TPSA) is 129 Å². The van der Waals surface area contributed by atoms with Gasteiger partial charge in [0.15, 0.2) is 0 Å². The molecule has 1 fully saturated rings. The van der Waals surface area contributed by atoms with E-state index in [9.17, 15) is 14.4 Å². The Labute approximate surface area is 241 Å². The van der Waals surface area contributed by atoms with Crippen LogP contribution in [-0.4, -0.2) is 40.5 Å². The van der Waals surface area contributed by atoms with Crippen molar-refractivity contribution >= 4 is 34.4 Å². The van der Waals surface area contributed by atoms with Gasteiger partial charge in [0.1, 0.15) is 12.1 Å². The number of hydrogen-bond donors (Lipinski definition) is 3. The van der Waals surface area contributed by atoms with Gasteiger partial charge in [0, 0.05) is 34.8 Å². The number of amides is 1. The Morgan fingerprint density at radius 2 is 1.78 bits per heavy atom. The van der Waals surface area contributed by atoms with Crippen LogP contribution in [0.4, 0.5) is 5.69 Å². The number of carbonyl (C=O) groups is 3. The summed E-state index contributed by atoms with van der Waals surface area (Å²) in [7, 11) is 0. The Morgan fingerprint density at radius 3 is 2.46 bits per heavy atom. The summed E-state index contributed by atoms with van der Waals surface area (Å²) in [4.78, 5) is 38.1. The van der Waals surface area contributed by atoms with E-state index in [1.165, 1.54) is 0 Å². The lowest BCUT2D eigenvalue weighted by Gasteiger charge is -2.31. The number of nitrogens with two attached hydrogens (primary N) is 2. The molecule has 1 aliphatic carbocycles. The van der Waals surface area contributed by atoms with E-state index in [0.717, 1.165) is 59.8 Å². The van der Waals surface area contributed by atoms with Gasteiger partial charge >= 0.3 is 5.97 Å². The third-order valence-electron chi connectivity index (χ3n) is 8.42. The van der Waals surface area contributed by atoms with Crippen molar-refractivity contribution in [2.24, 2.45) is 22.8 Å². The second-order valence-electron chi connectivity index (χ2n) is 13.0. The van der Waals surface area contributed by atoms with Gasteiger partial charge in [0.05, 0.1) is 11.1 Å². The summed E-state index contributed by atoms with van der Waals surface area (Å²) in [5.74, 6) is -0.395. The Morgan fingerprint density at radius 1 is 1.07 bits per heavy atom. The van der Waals surface area contributed by atoms with Gasteiger partial charge in [-0.05, 0) is 73.6 Å². The molecule has 1 atom stereocenters. The maximum atomic E-state index is 13.3. The molecular weight excluding hydrogens is 516 g/mol. The van der Waals surface area contributed by atoms with Crippen LogP contribution in [0.3, 0.4) is 0 Å². The minimum atomic E-state index is -0.594. The number of fused-ring (bicyclic) bond motifs is 3. The number of rotatable bonds is 8. The van der Waals surface area contributed by atoms with E-state index in [1.54, 1.807) is 6.07 Å². The summed E-state index contributed by atoms with van der Waals surface area (Å²) in [5, 5.41) is 4.59. The first-order chi connectivity index (χ1) is 19.4. The number of hydrogen-bond acceptors (Lipinski definition) is 6. The van der Waals surface area contributed by atoms with E-state index in [0.29, 0.717) is 30.0 Å². The molecule has 8 nitrogen and oxygen atoms in total. The maximum absolute atomic E-state index is 13.3. The normalized spacial score (nSPS) is 21.0. The van der Waals surface area contributed by atoms with Crippen molar-refractivity contribution < 1.29 is 19.1 Å². The van der Waals surface area contributed by atoms with E-state index in [2.05, 4.69) is 25.2 Å². The summed E-state index contributed by atoms with van der Waals surface area (Å²) in [6.07, 6.45) is 4.73. The Balaban J connectivity index is 1.40. The first kappa shape index (κ1) is 28.9. The molecule has 1 amide bonds. The van der Waals surface area contributed by atoms with Crippen LogP contribution < -0.4 is 16.8 Å². The highest BCUT2D eigenvalue weighted by atomic mass is 16.5. The lowest BCUT2D eigenvalue weighted by molar-refractivity contribution is -0.152. The fraction of sp³-hybridized carbons (Fsp3) is 0.485. The standard InChI is InChI=1S/C33H42N4O4/c1-19(2)15-25(34)32(40)41-22-12-10-21(11-13-22)36-26-16-20(9-14-23(26)31(35)39)30-24-7-5-6-8-27(24)37-28(30)17-33(3,4)18-29(37)38/h5-9,14,16,19,21-22,25,36H,10-13,15,17-18,34H2,1-4H3,(H2,35,39)/t21-,22-,25-/m0/s1. The van der Waals surface area contributed by atoms with E-state index in [4.69, 9.17) is 16.2 Å². The van der Waals surface area contributed by atoms with Crippen LogP contribution in [-0.2, 0) is 16.0 Å². The average molecular weight is 559 g/mol. The molecule has 3 aromatic rings. The number of anilines is 1. The van der Waals surface area contributed by atoms with Crippen molar-refractivity contribution in [3.05, 3.63) is 53.7 Å². The molecule has 0 bridgehead atoms. The second kappa shape index (κ2) is 11.3. The van der Waals surface area contributed by atoms with Gasteiger partial charge in [-0.1, -0.05) is 52.0 Å². The van der Waals surface area contributed by atoms with Gasteiger partial charge in [0.2, 0.25) is 5.91 Å². The van der Waals surface area contributed by atoms with Crippen molar-refractivity contribution in [3.8, 4) is 11.1 Å². The SMILES string of the molecule is CC(C)C[C@H](N)C(=O)O[C@H]1CC[C@H](Nc2cc(-c3c4n(c5ccccc35)C(=O)CC(C)(C)C4)ccc2C(N)=O)CC1. The third kappa shape index (κ3) is 6.03. The maximum Gasteiger partial charge on any atom is 0.323 e. The number of para-hydroxylation sites is 1. The zero-order valence-electron chi connectivity index (χ0n) is 24.5. The van der Waals surface area contributed by atoms with Crippen LogP contribution in [0, 0.1) is 11.3 Å². The first-order valence-electron chi connectivity index (χ1n) is 14.8. The van der Waals surface area contributed by atoms with E-state index in [-0.39, 0.29) is 29.4 Å². The van der Waals surface area contributed by atoms with Crippen LogP contribution >= 0.6 is 0 Å². The number of ether oxygens (including phenoxy) is 1. The molecule has 0 saturated heterocycles. The first-order valence-corrected chi connectivity index (χ1v) is 14.8. The molecule has 1 saturated carbocycles. The predicted molar refractivity (Wildman–Crippen MR) is 162 cm³/mol. The van der Waals surface area contributed by atoms with E-state index < -0.39 is 11.9 Å². The number of nitrogens with zero attached hydrogens (tertiary/aromatic N) is 1. The van der Waals surface area contributed by atoms with Crippen LogP contribution in [0.15, 0.2) is 42.5 Å². The average Bonchev–Trinajstić information content (AvgIpc) is 3.22. The summed E-state index contributed by atoms with van der Waals surface area (Å²) >= 11 is 0. The molecule has 5 rings (SSSR count). The van der Waals surface area contributed by atoms with Crippen LogP contribution in [0.1, 0.15) is 87.1 Å². The molecule has 0 spiro atoms. The molecule has 0 radical (unpaired) electrons. The molecule has 2 aliphatic rings. The molecule has 1 aromatic heterocycles. The largest absolute Gasteiger partial charge is 0.461 e. The van der Waals surface area contributed by atoms with Crippen molar-refractivity contribution in [2.45, 2.75) is 90.8 Å². The highest BCUT2D eigenvalue weighted by molar-refractivity contribution is 6.06. The fourth-order valence-electron chi connectivity index (χ4n) is 6.51. The molecule has 1 aliphatic heterocycles. The van der Waals surface area contributed by atoms with Gasteiger partial charge in [-0.2, -0.15) is 0 Å². The number of primary amides is 1. The summed E-state index contributed by atoms with van der Waals surface area (Å²) in [6, 6.07) is 13.2. The molecule has 2 heterocycles. The summed E-state index contributed by atoms with van der Waals surface area (Å²) in [6.45, 7) is 8.33. The number of aromatic nitrogens is 1. The molecule has 5 N–H and O–H groups in total. The smallest absolute Gasteiger partial charge is 0.323 e. The van der Waals surface area contributed by atoms with Gasteiger partial charge in [-0.25, -0.2) is 0 Å². The van der Waals surface area contributed by atoms with E-state index in [1.807, 2.05) is 48.7 Å². The summed E-state index contributed by atoms with van der Waals surface area (Å²) < 4.78 is 7.58. The zero-order valence-corrected chi connectivity index (χ0v) is 24.5. The lowest BCUT2D eigenvalue weighted by Crippen LogP contribution is -2.38. The molecule has 41 heavy (non-hydrogen) atoms. The third-order valence-corrected chi connectivity index (χ3v) is 8.42.